The average molecular weight is 1120 g/mol. The first kappa shape index (κ1) is 75.7. The van der Waals surface area contributed by atoms with E-state index in [4.69, 9.17) is 13.8 Å². The summed E-state index contributed by atoms with van der Waals surface area (Å²) in [6, 6.07) is -0.891. The van der Waals surface area contributed by atoms with Gasteiger partial charge in [0.05, 0.1) is 33.8 Å². The van der Waals surface area contributed by atoms with E-state index in [0.29, 0.717) is 17.4 Å². The number of ether oxygens (including phenoxy) is 1. The Labute approximate surface area is 483 Å². The van der Waals surface area contributed by atoms with Crippen molar-refractivity contribution in [3.63, 3.8) is 0 Å². The first-order valence-electron chi connectivity index (χ1n) is 33.1. The number of unbranched alkanes of at least 4 members (excludes halogenated alkanes) is 36. The number of hydrogen-bond donors (Lipinski definition) is 1. The van der Waals surface area contributed by atoms with Crippen LogP contribution in [0, 0.1) is 0 Å². The molecule has 78 heavy (non-hydrogen) atoms. The van der Waals surface area contributed by atoms with Gasteiger partial charge < -0.3 is 28.5 Å². The van der Waals surface area contributed by atoms with Crippen molar-refractivity contribution in [3.8, 4) is 0 Å². The number of nitrogens with one attached hydrogen (secondary N) is 1. The number of quaternary nitrogens is 1. The number of nitrogens with zero attached hydrogens (tertiary/aromatic N) is 1. The molecule has 0 aromatic rings. The lowest BCUT2D eigenvalue weighted by molar-refractivity contribution is -0.870. The summed E-state index contributed by atoms with van der Waals surface area (Å²) in [5.41, 5.74) is 0. The summed E-state index contributed by atoms with van der Waals surface area (Å²) in [6.07, 6.45) is 73.2. The van der Waals surface area contributed by atoms with E-state index >= 15 is 0 Å². The monoisotopic (exact) mass is 1110 g/mol. The third-order valence-electron chi connectivity index (χ3n) is 14.7. The van der Waals surface area contributed by atoms with Crippen molar-refractivity contribution in [3.05, 3.63) is 60.8 Å². The molecule has 9 nitrogen and oxygen atoms in total. The van der Waals surface area contributed by atoms with Crippen molar-refractivity contribution in [1.29, 1.82) is 0 Å². The van der Waals surface area contributed by atoms with Crippen LogP contribution >= 0.6 is 7.82 Å². The Morgan fingerprint density at radius 2 is 0.782 bits per heavy atom. The van der Waals surface area contributed by atoms with Gasteiger partial charge in [0.25, 0.3) is 7.82 Å². The minimum atomic E-state index is -4.70. The Bertz CT molecular complexity index is 1520. The molecule has 0 aliphatic heterocycles. The van der Waals surface area contributed by atoms with Crippen LogP contribution < -0.4 is 10.2 Å². The van der Waals surface area contributed by atoms with Crippen molar-refractivity contribution in [2.75, 3.05) is 40.9 Å². The fourth-order valence-electron chi connectivity index (χ4n) is 9.57. The van der Waals surface area contributed by atoms with Gasteiger partial charge in [-0.25, -0.2) is 0 Å². The average Bonchev–Trinajstić information content (AvgIpc) is 3.40. The first-order chi connectivity index (χ1) is 37.9. The summed E-state index contributed by atoms with van der Waals surface area (Å²) in [5.74, 6) is -0.537. The summed E-state index contributed by atoms with van der Waals surface area (Å²) in [7, 11) is 1.19. The Morgan fingerprint density at radius 3 is 1.19 bits per heavy atom. The molecule has 0 aliphatic rings. The molecule has 1 amide bonds. The Morgan fingerprint density at radius 1 is 0.449 bits per heavy atom. The molecule has 3 atom stereocenters. The third-order valence-corrected chi connectivity index (χ3v) is 15.7. The van der Waals surface area contributed by atoms with E-state index in [2.05, 4.69) is 74.7 Å². The van der Waals surface area contributed by atoms with Gasteiger partial charge in [-0.1, -0.05) is 281 Å². The lowest BCUT2D eigenvalue weighted by Gasteiger charge is -2.30. The number of allylic oxidation sites excluding steroid dienone is 9. The summed E-state index contributed by atoms with van der Waals surface area (Å²) < 4.78 is 30.4. The SMILES string of the molecule is CCCCC/C=C\C/C=C\C/C=C\C/C=C\CCCCCCCCCCCC(=O)NC(COP(=O)([O-])OCC[N+](C)(C)C)C(/C=C\CCCCCCCCCCCCC)OC(=O)CCCCCCCCCCCCCCCC. The second-order valence-electron chi connectivity index (χ2n) is 23.6. The van der Waals surface area contributed by atoms with Gasteiger partial charge in [0.1, 0.15) is 19.3 Å². The normalized spacial score (nSPS) is 14.0. The number of rotatable bonds is 60. The van der Waals surface area contributed by atoms with Gasteiger partial charge in [-0.05, 0) is 76.7 Å². The molecule has 0 spiro atoms. The van der Waals surface area contributed by atoms with Crippen LogP contribution in [0.3, 0.4) is 0 Å². The molecule has 0 bridgehead atoms. The van der Waals surface area contributed by atoms with Crippen molar-refractivity contribution in [2.45, 2.75) is 322 Å². The van der Waals surface area contributed by atoms with E-state index in [9.17, 15) is 19.0 Å². The Hall–Kier alpha value is -2.29. The van der Waals surface area contributed by atoms with Crippen molar-refractivity contribution in [1.82, 2.24) is 5.32 Å². The van der Waals surface area contributed by atoms with E-state index in [1.165, 1.54) is 186 Å². The van der Waals surface area contributed by atoms with Gasteiger partial charge in [-0.15, -0.1) is 0 Å². The lowest BCUT2D eigenvalue weighted by Crippen LogP contribution is -2.47. The molecule has 0 aromatic heterocycles. The standard InChI is InChI=1S/C68H127N2O7P/c1-7-10-13-16-19-22-25-28-30-31-32-33-34-35-36-37-38-39-40-42-45-48-51-54-57-60-67(71)69-65(64-76-78(73,74)75-63-62-70(4,5)6)66(59-56-53-50-47-44-41-27-24-21-18-15-12-9-3)77-68(72)61-58-55-52-49-46-43-29-26-23-20-17-14-11-8-2/h19,22,28,30,32-33,35-36,56,59,65-66H,7-18,20-21,23-27,29,31,34,37-55,57-58,60-64H2,1-6H3,(H-,69,71,73,74)/b22-19-,30-28-,33-32-,36-35-,59-56-. The van der Waals surface area contributed by atoms with Gasteiger partial charge in [0.15, 0.2) is 0 Å². The highest BCUT2D eigenvalue weighted by Gasteiger charge is 2.27. The molecule has 0 aliphatic carbocycles. The molecule has 0 aromatic carbocycles. The summed E-state index contributed by atoms with van der Waals surface area (Å²) in [5, 5.41) is 3.04. The zero-order valence-electron chi connectivity index (χ0n) is 52.1. The zero-order chi connectivity index (χ0) is 57.2. The van der Waals surface area contributed by atoms with Gasteiger partial charge in [-0.2, -0.15) is 0 Å². The van der Waals surface area contributed by atoms with Crippen molar-refractivity contribution in [2.24, 2.45) is 0 Å². The van der Waals surface area contributed by atoms with Crippen LogP contribution in [-0.4, -0.2) is 69.4 Å². The van der Waals surface area contributed by atoms with E-state index in [1.807, 2.05) is 33.3 Å². The number of esters is 1. The highest BCUT2D eigenvalue weighted by molar-refractivity contribution is 7.45. The number of carbonyl (C=O) groups excluding carboxylic acids is 2. The van der Waals surface area contributed by atoms with E-state index < -0.39 is 20.0 Å². The maximum atomic E-state index is 13.6. The van der Waals surface area contributed by atoms with Crippen LogP contribution in [-0.2, 0) is 27.9 Å². The molecule has 0 radical (unpaired) electrons. The summed E-state index contributed by atoms with van der Waals surface area (Å²) >= 11 is 0. The number of phosphoric acid groups is 1. The number of phosphoric ester groups is 1. The smallest absolute Gasteiger partial charge is 0.306 e. The fraction of sp³-hybridized carbons (Fsp3) is 0.824. The molecule has 0 heterocycles. The highest BCUT2D eigenvalue weighted by atomic mass is 31.2. The predicted octanol–water partition coefficient (Wildman–Crippen LogP) is 20.0. The second kappa shape index (κ2) is 57.9. The van der Waals surface area contributed by atoms with Crippen molar-refractivity contribution < 1.29 is 37.3 Å². The number of hydrogen-bond acceptors (Lipinski definition) is 7. The molecule has 1 N–H and O–H groups in total. The fourth-order valence-corrected chi connectivity index (χ4v) is 10.3. The van der Waals surface area contributed by atoms with Gasteiger partial charge in [0.2, 0.25) is 5.91 Å². The van der Waals surface area contributed by atoms with Crippen LogP contribution in [0.1, 0.15) is 310 Å². The van der Waals surface area contributed by atoms with Crippen LogP contribution in [0.15, 0.2) is 60.8 Å². The van der Waals surface area contributed by atoms with Crippen LogP contribution in [0.2, 0.25) is 0 Å². The number of carbonyl (C=O) groups is 2. The molecule has 0 saturated carbocycles. The minimum Gasteiger partial charge on any atom is -0.756 e. The van der Waals surface area contributed by atoms with Gasteiger partial charge in [-0.3, -0.25) is 14.2 Å². The van der Waals surface area contributed by atoms with Gasteiger partial charge in [0, 0.05) is 12.8 Å². The maximum Gasteiger partial charge on any atom is 0.306 e. The quantitative estimate of drug-likeness (QED) is 0.0212. The van der Waals surface area contributed by atoms with Crippen LogP contribution in [0.5, 0.6) is 0 Å². The Balaban J connectivity index is 5.14. The van der Waals surface area contributed by atoms with E-state index in [-0.39, 0.29) is 31.5 Å². The molecule has 0 saturated heterocycles. The van der Waals surface area contributed by atoms with Crippen LogP contribution in [0.25, 0.3) is 0 Å². The van der Waals surface area contributed by atoms with Crippen molar-refractivity contribution >= 4 is 19.7 Å². The lowest BCUT2D eigenvalue weighted by atomic mass is 10.0. The molecule has 0 rings (SSSR count). The largest absolute Gasteiger partial charge is 0.756 e. The third kappa shape index (κ3) is 58.4. The number of likely N-dealkylation sites (N-methyl/N-ethyl adjacent to an activating group) is 1. The predicted molar refractivity (Wildman–Crippen MR) is 335 cm³/mol. The molecular weight excluding hydrogens is 988 g/mol. The van der Waals surface area contributed by atoms with E-state index in [0.717, 1.165) is 89.9 Å². The molecular formula is C68H127N2O7P. The maximum absolute atomic E-state index is 13.6. The topological polar surface area (TPSA) is 114 Å². The van der Waals surface area contributed by atoms with Crippen LogP contribution in [0.4, 0.5) is 0 Å². The summed E-state index contributed by atoms with van der Waals surface area (Å²) in [4.78, 5) is 40.1. The zero-order valence-corrected chi connectivity index (χ0v) is 53.0. The van der Waals surface area contributed by atoms with Gasteiger partial charge >= 0.3 is 5.97 Å². The molecule has 456 valence electrons. The van der Waals surface area contributed by atoms with E-state index in [1.54, 1.807) is 0 Å². The summed E-state index contributed by atoms with van der Waals surface area (Å²) in [6.45, 7) is 6.84. The molecule has 3 unspecified atom stereocenters. The number of amides is 1. The highest BCUT2D eigenvalue weighted by Crippen LogP contribution is 2.38. The molecule has 0 fully saturated rings. The first-order valence-corrected chi connectivity index (χ1v) is 34.6. The second-order valence-corrected chi connectivity index (χ2v) is 25.0. The Kier molecular flexibility index (Phi) is 56.2. The molecule has 10 heteroatoms. The minimum absolute atomic E-state index is 0.0233.